The average Bonchev–Trinajstić information content (AvgIpc) is 2.39. The van der Waals surface area contributed by atoms with Gasteiger partial charge in [0.1, 0.15) is 5.75 Å². The van der Waals surface area contributed by atoms with Crippen molar-refractivity contribution in [2.45, 2.75) is 13.0 Å². The molecule has 2 heteroatoms. The minimum atomic E-state index is -0.241. The van der Waals surface area contributed by atoms with Crippen LogP contribution in [0.25, 0.3) is 0 Å². The first-order chi connectivity index (χ1) is 8.79. The molecule has 0 spiro atoms. The normalized spacial score (nSPS) is 11.2. The first-order valence-corrected chi connectivity index (χ1v) is 6.48. The third kappa shape index (κ3) is 3.38. The molecule has 18 heavy (non-hydrogen) atoms. The van der Waals surface area contributed by atoms with Gasteiger partial charge in [-0.3, -0.25) is 0 Å². The minimum absolute atomic E-state index is 0.241. The van der Waals surface area contributed by atoms with E-state index in [1.807, 2.05) is 61.5 Å². The Morgan fingerprint density at radius 3 is 2.50 bits per heavy atom. The van der Waals surface area contributed by atoms with Crippen molar-refractivity contribution in [2.75, 3.05) is 0 Å². The van der Waals surface area contributed by atoms with Crippen LogP contribution in [-0.2, 0) is 0 Å². The molecule has 2 rings (SSSR count). The van der Waals surface area contributed by atoms with Crippen molar-refractivity contribution in [2.24, 2.45) is 0 Å². The SMILES string of the molecule is CC#CC(Oc1ccccc1)c1cccc(Br)c1. The lowest BCUT2D eigenvalue weighted by Crippen LogP contribution is -2.05. The summed E-state index contributed by atoms with van der Waals surface area (Å²) in [6, 6.07) is 17.7. The number of rotatable bonds is 3. The number of para-hydroxylation sites is 1. The first kappa shape index (κ1) is 12.7. The van der Waals surface area contributed by atoms with E-state index in [1.54, 1.807) is 0 Å². The molecule has 1 atom stereocenters. The lowest BCUT2D eigenvalue weighted by Gasteiger charge is -2.14. The maximum absolute atomic E-state index is 5.90. The summed E-state index contributed by atoms with van der Waals surface area (Å²) in [6.07, 6.45) is -0.241. The molecule has 0 amide bonds. The summed E-state index contributed by atoms with van der Waals surface area (Å²) in [5.74, 6) is 6.82. The van der Waals surface area contributed by atoms with Crippen molar-refractivity contribution in [1.82, 2.24) is 0 Å². The summed E-state index contributed by atoms with van der Waals surface area (Å²) in [5, 5.41) is 0. The van der Waals surface area contributed by atoms with Gasteiger partial charge in [-0.1, -0.05) is 52.2 Å². The Hall–Kier alpha value is -1.72. The van der Waals surface area contributed by atoms with Crippen molar-refractivity contribution in [3.05, 3.63) is 64.6 Å². The molecule has 0 aliphatic carbocycles. The number of hydrogen-bond acceptors (Lipinski definition) is 1. The fourth-order valence-corrected chi connectivity index (χ4v) is 2.03. The largest absolute Gasteiger partial charge is 0.473 e. The molecule has 0 aliphatic rings. The van der Waals surface area contributed by atoms with Crippen LogP contribution in [0.15, 0.2) is 59.1 Å². The average molecular weight is 301 g/mol. The van der Waals surface area contributed by atoms with Gasteiger partial charge in [0.15, 0.2) is 6.10 Å². The molecule has 1 unspecified atom stereocenters. The summed E-state index contributed by atoms with van der Waals surface area (Å²) in [6.45, 7) is 1.82. The Morgan fingerprint density at radius 2 is 1.83 bits per heavy atom. The van der Waals surface area contributed by atoms with Crippen LogP contribution in [0.2, 0.25) is 0 Å². The Kier molecular flexibility index (Phi) is 4.44. The molecule has 90 valence electrons. The first-order valence-electron chi connectivity index (χ1n) is 5.69. The molecule has 1 nitrogen and oxygen atoms in total. The second-order valence-corrected chi connectivity index (χ2v) is 4.68. The van der Waals surface area contributed by atoms with Crippen molar-refractivity contribution in [1.29, 1.82) is 0 Å². The molecule has 0 N–H and O–H groups in total. The van der Waals surface area contributed by atoms with E-state index in [-0.39, 0.29) is 6.10 Å². The fourth-order valence-electron chi connectivity index (χ4n) is 1.62. The zero-order valence-corrected chi connectivity index (χ0v) is 11.6. The predicted molar refractivity (Wildman–Crippen MR) is 77.4 cm³/mol. The molecule has 0 heterocycles. The highest BCUT2D eigenvalue weighted by Gasteiger charge is 2.10. The number of benzene rings is 2. The van der Waals surface area contributed by atoms with Crippen LogP contribution in [0.3, 0.4) is 0 Å². The van der Waals surface area contributed by atoms with Crippen molar-refractivity contribution in [3.63, 3.8) is 0 Å². The van der Waals surface area contributed by atoms with Crippen LogP contribution in [-0.4, -0.2) is 0 Å². The smallest absolute Gasteiger partial charge is 0.184 e. The van der Waals surface area contributed by atoms with Crippen molar-refractivity contribution in [3.8, 4) is 17.6 Å². The molecule has 2 aromatic carbocycles. The van der Waals surface area contributed by atoms with Gasteiger partial charge in [-0.15, -0.1) is 5.92 Å². The van der Waals surface area contributed by atoms with Crippen LogP contribution in [0.5, 0.6) is 5.75 Å². The molecule has 0 aromatic heterocycles. The Balaban J connectivity index is 2.26. The Labute approximate surface area is 116 Å². The predicted octanol–water partition coefficient (Wildman–Crippen LogP) is 4.59. The maximum atomic E-state index is 5.90. The maximum Gasteiger partial charge on any atom is 0.184 e. The van der Waals surface area contributed by atoms with Gasteiger partial charge in [0, 0.05) is 10.0 Å². The van der Waals surface area contributed by atoms with Gasteiger partial charge in [-0.25, -0.2) is 0 Å². The monoisotopic (exact) mass is 300 g/mol. The topological polar surface area (TPSA) is 9.23 Å². The van der Waals surface area contributed by atoms with Gasteiger partial charge in [0.05, 0.1) is 0 Å². The molecule has 0 fully saturated rings. The second-order valence-electron chi connectivity index (χ2n) is 3.76. The summed E-state index contributed by atoms with van der Waals surface area (Å²) >= 11 is 3.46. The van der Waals surface area contributed by atoms with Crippen LogP contribution < -0.4 is 4.74 Å². The summed E-state index contributed by atoms with van der Waals surface area (Å²) in [5.41, 5.74) is 1.04. The molecule has 0 aliphatic heterocycles. The van der Waals surface area contributed by atoms with Gasteiger partial charge in [-0.2, -0.15) is 0 Å². The van der Waals surface area contributed by atoms with Gasteiger partial charge in [0.25, 0.3) is 0 Å². The van der Waals surface area contributed by atoms with E-state index < -0.39 is 0 Å². The van der Waals surface area contributed by atoms with Gasteiger partial charge in [-0.05, 0) is 31.2 Å². The number of halogens is 1. The third-order valence-corrected chi connectivity index (χ3v) is 2.92. The van der Waals surface area contributed by atoms with E-state index in [1.165, 1.54) is 0 Å². The van der Waals surface area contributed by atoms with Gasteiger partial charge >= 0.3 is 0 Å². The van der Waals surface area contributed by atoms with Crippen LogP contribution >= 0.6 is 15.9 Å². The molecule has 0 bridgehead atoms. The molecule has 0 radical (unpaired) electrons. The van der Waals surface area contributed by atoms with Gasteiger partial charge < -0.3 is 4.74 Å². The zero-order chi connectivity index (χ0) is 12.8. The molecule has 0 saturated carbocycles. The van der Waals surface area contributed by atoms with Crippen LogP contribution in [0.1, 0.15) is 18.6 Å². The zero-order valence-electron chi connectivity index (χ0n) is 10.1. The van der Waals surface area contributed by atoms with Crippen LogP contribution in [0.4, 0.5) is 0 Å². The summed E-state index contributed by atoms with van der Waals surface area (Å²) in [4.78, 5) is 0. The molecular formula is C16H13BrO. The molecule has 2 aromatic rings. The number of hydrogen-bond donors (Lipinski definition) is 0. The van der Waals surface area contributed by atoms with E-state index in [2.05, 4.69) is 27.8 Å². The van der Waals surface area contributed by atoms with Crippen molar-refractivity contribution < 1.29 is 4.74 Å². The highest BCUT2D eigenvalue weighted by atomic mass is 79.9. The molecular weight excluding hydrogens is 288 g/mol. The summed E-state index contributed by atoms with van der Waals surface area (Å²) < 4.78 is 6.93. The molecule has 0 saturated heterocycles. The quantitative estimate of drug-likeness (QED) is 0.753. The standard InChI is InChI=1S/C16H13BrO/c1-2-7-16(13-8-6-9-14(17)12-13)18-15-10-4-3-5-11-15/h3-6,8-12,16H,1H3. The van der Waals surface area contributed by atoms with Gasteiger partial charge in [0.2, 0.25) is 0 Å². The lowest BCUT2D eigenvalue weighted by atomic mass is 10.1. The number of ether oxygens (including phenoxy) is 1. The second kappa shape index (κ2) is 6.28. The highest BCUT2D eigenvalue weighted by Crippen LogP contribution is 2.23. The third-order valence-electron chi connectivity index (χ3n) is 2.42. The highest BCUT2D eigenvalue weighted by molar-refractivity contribution is 9.10. The lowest BCUT2D eigenvalue weighted by molar-refractivity contribution is 0.265. The minimum Gasteiger partial charge on any atom is -0.473 e. The van der Waals surface area contributed by atoms with E-state index in [4.69, 9.17) is 4.74 Å². The van der Waals surface area contributed by atoms with Crippen LogP contribution in [0, 0.1) is 11.8 Å². The Bertz CT molecular complexity index is 566. The van der Waals surface area contributed by atoms with E-state index >= 15 is 0 Å². The van der Waals surface area contributed by atoms with E-state index in [0.717, 1.165) is 15.8 Å². The summed E-state index contributed by atoms with van der Waals surface area (Å²) in [7, 11) is 0. The van der Waals surface area contributed by atoms with E-state index in [0.29, 0.717) is 0 Å². The fraction of sp³-hybridized carbons (Fsp3) is 0.125. The van der Waals surface area contributed by atoms with Crippen molar-refractivity contribution >= 4 is 15.9 Å². The Morgan fingerprint density at radius 1 is 1.06 bits per heavy atom. The van der Waals surface area contributed by atoms with E-state index in [9.17, 15) is 0 Å².